The van der Waals surface area contributed by atoms with Crippen LogP contribution in [0.3, 0.4) is 0 Å². The number of carbonyl (C=O) groups is 4. The Labute approximate surface area is 248 Å². The molecular weight excluding hydrogens is 614 g/mol. The van der Waals surface area contributed by atoms with Crippen molar-refractivity contribution < 1.29 is 39.6 Å². The second-order valence-electron chi connectivity index (χ2n) is 9.18. The summed E-state index contributed by atoms with van der Waals surface area (Å²) < 4.78 is 0.182. The molecule has 212 valence electrons. The van der Waals surface area contributed by atoms with E-state index in [4.69, 9.17) is 5.11 Å². The molecule has 0 fully saturated rings. The van der Waals surface area contributed by atoms with Gasteiger partial charge >= 0.3 is 0 Å². The number of ketones is 4. The number of nitrogens with zero attached hydrogens (tertiary/aromatic N) is 1. The van der Waals surface area contributed by atoms with Crippen LogP contribution in [0.4, 0.5) is 0 Å². The van der Waals surface area contributed by atoms with Gasteiger partial charge in [-0.15, -0.1) is 17.8 Å². The van der Waals surface area contributed by atoms with Gasteiger partial charge in [0.25, 0.3) is 0 Å². The van der Waals surface area contributed by atoms with E-state index in [-0.39, 0.29) is 66.9 Å². The van der Waals surface area contributed by atoms with Crippen LogP contribution in [0.5, 0.6) is 11.5 Å². The first kappa shape index (κ1) is 31.4. The van der Waals surface area contributed by atoms with Crippen molar-refractivity contribution in [2.75, 3.05) is 14.1 Å². The number of aromatic hydroxyl groups is 2. The molecule has 2 aromatic carbocycles. The molecule has 2 aliphatic carbocycles. The predicted molar refractivity (Wildman–Crippen MR) is 157 cm³/mol. The maximum absolute atomic E-state index is 12.3. The van der Waals surface area contributed by atoms with Gasteiger partial charge in [0.2, 0.25) is 17.3 Å². The number of benzene rings is 2. The van der Waals surface area contributed by atoms with Crippen LogP contribution in [0.2, 0.25) is 0 Å². The zero-order chi connectivity index (χ0) is 30.8. The Kier molecular flexibility index (Phi) is 9.68. The maximum Gasteiger partial charge on any atom is 0.211 e. The van der Waals surface area contributed by atoms with Gasteiger partial charge in [0, 0.05) is 35.7 Å². The van der Waals surface area contributed by atoms with E-state index in [9.17, 15) is 34.5 Å². The number of aliphatic hydroxyl groups is 2. The van der Waals surface area contributed by atoms with Gasteiger partial charge in [-0.05, 0) is 60.1 Å². The molecule has 11 heteroatoms. The second kappa shape index (κ2) is 12.6. The lowest BCUT2D eigenvalue weighted by atomic mass is 9.88. The largest absolute Gasteiger partial charge is 0.507 e. The SMILES string of the molecule is C#CC(C)O.CC(O)c1cc2c(s1)C(=O)c1cccc(O)c1C2=O.CN(C)C1=C(Br)C(=O)c2c(O)cccc2C1=O. The van der Waals surface area contributed by atoms with E-state index in [0.717, 1.165) is 11.3 Å². The Bertz CT molecular complexity index is 1640. The minimum Gasteiger partial charge on any atom is -0.507 e. The molecule has 5 rings (SSSR count). The van der Waals surface area contributed by atoms with E-state index in [1.165, 1.54) is 36.4 Å². The zero-order valence-corrected chi connectivity index (χ0v) is 24.8. The molecule has 2 aliphatic rings. The minimum absolute atomic E-state index is 0.0509. The van der Waals surface area contributed by atoms with E-state index in [0.29, 0.717) is 15.5 Å². The van der Waals surface area contributed by atoms with Gasteiger partial charge in [-0.2, -0.15) is 0 Å². The van der Waals surface area contributed by atoms with Gasteiger partial charge in [-0.25, -0.2) is 0 Å². The Morgan fingerprint density at radius 3 is 1.78 bits per heavy atom. The third-order valence-electron chi connectivity index (χ3n) is 5.95. The van der Waals surface area contributed by atoms with Gasteiger partial charge in [-0.1, -0.05) is 18.1 Å². The Hall–Kier alpha value is -4.08. The number of carbonyl (C=O) groups excluding carboxylic acids is 4. The summed E-state index contributed by atoms with van der Waals surface area (Å²) in [5.41, 5.74) is 1.14. The molecule has 4 N–H and O–H groups in total. The van der Waals surface area contributed by atoms with Gasteiger partial charge < -0.3 is 25.3 Å². The summed E-state index contributed by atoms with van der Waals surface area (Å²) in [5, 5.41) is 37.1. The lowest BCUT2D eigenvalue weighted by Gasteiger charge is -2.23. The summed E-state index contributed by atoms with van der Waals surface area (Å²) in [5.74, 6) is 0.430. The molecule has 0 saturated heterocycles. The first-order chi connectivity index (χ1) is 19.2. The van der Waals surface area contributed by atoms with Crippen LogP contribution >= 0.6 is 27.3 Å². The molecule has 2 unspecified atom stereocenters. The third kappa shape index (κ3) is 6.16. The number of aliphatic hydroxyl groups excluding tert-OH is 2. The first-order valence-corrected chi connectivity index (χ1v) is 13.7. The third-order valence-corrected chi connectivity index (χ3v) is 7.99. The second-order valence-corrected chi connectivity index (χ2v) is 11.1. The number of fused-ring (bicyclic) bond motifs is 3. The average Bonchev–Trinajstić information content (AvgIpc) is 3.38. The molecule has 0 radical (unpaired) electrons. The van der Waals surface area contributed by atoms with E-state index < -0.39 is 12.2 Å². The highest BCUT2D eigenvalue weighted by Crippen LogP contribution is 2.38. The fourth-order valence-corrected chi connectivity index (χ4v) is 5.77. The van der Waals surface area contributed by atoms with Crippen LogP contribution in [0.15, 0.2) is 52.6 Å². The number of Topliss-reactive ketones (excluding diaryl/α,β-unsaturated/α-hetero) is 2. The van der Waals surface area contributed by atoms with Gasteiger partial charge in [0.05, 0.1) is 26.6 Å². The molecule has 1 aromatic heterocycles. The highest BCUT2D eigenvalue weighted by atomic mass is 79.9. The Morgan fingerprint density at radius 2 is 1.32 bits per heavy atom. The van der Waals surface area contributed by atoms with Gasteiger partial charge in [0.15, 0.2) is 5.78 Å². The summed E-state index contributed by atoms with van der Waals surface area (Å²) in [6.07, 6.45) is 3.35. The summed E-state index contributed by atoms with van der Waals surface area (Å²) >= 11 is 4.24. The molecule has 3 aromatic rings. The predicted octanol–water partition coefficient (Wildman–Crippen LogP) is 4.22. The van der Waals surface area contributed by atoms with Crippen molar-refractivity contribution in [3.05, 3.63) is 90.2 Å². The maximum atomic E-state index is 12.3. The standard InChI is InChI=1S/C14H10O4S.C12H10BrNO3.C4H6O/c1-6(15)10-5-8-12(17)11-7(3-2-4-9(11)16)13(18)14(8)19-10;1-14(2)10-9(13)12(17)8-6(11(10)16)4-3-5-7(8)15;1-3-4(2)5/h2-6,15-16H,1H3;3-5,15H,1-2H3;1,4-5H,2H3. The number of likely N-dealkylation sites (N-methyl/N-ethyl adjacent to an activating group) is 1. The fourth-order valence-electron chi connectivity index (χ4n) is 3.99. The van der Waals surface area contributed by atoms with E-state index in [1.807, 2.05) is 0 Å². The van der Waals surface area contributed by atoms with E-state index in [2.05, 4.69) is 28.3 Å². The fraction of sp³-hybridized carbons (Fsp3) is 0.200. The van der Waals surface area contributed by atoms with E-state index in [1.54, 1.807) is 38.9 Å². The number of thiophene rings is 1. The minimum atomic E-state index is -0.729. The van der Waals surface area contributed by atoms with E-state index >= 15 is 0 Å². The molecule has 41 heavy (non-hydrogen) atoms. The quantitative estimate of drug-likeness (QED) is 0.236. The summed E-state index contributed by atoms with van der Waals surface area (Å²) in [4.78, 5) is 51.3. The van der Waals surface area contributed by atoms with Crippen LogP contribution in [0, 0.1) is 12.3 Å². The molecule has 1 heterocycles. The lowest BCUT2D eigenvalue weighted by molar-refractivity contribution is 0.0958. The van der Waals surface area contributed by atoms with Gasteiger partial charge in [-0.3, -0.25) is 19.2 Å². The zero-order valence-electron chi connectivity index (χ0n) is 22.4. The lowest BCUT2D eigenvalue weighted by Crippen LogP contribution is -2.28. The normalized spacial score (nSPS) is 14.8. The average molecular weight is 641 g/mol. The molecule has 0 saturated carbocycles. The topological polar surface area (TPSA) is 152 Å². The molecule has 0 spiro atoms. The molecular formula is C30H26BrNO8S. The Balaban J connectivity index is 0.000000195. The number of phenolic OH excluding ortho intramolecular Hbond substituents is 2. The molecule has 0 aliphatic heterocycles. The smallest absolute Gasteiger partial charge is 0.211 e. The van der Waals surface area contributed by atoms with Crippen molar-refractivity contribution in [1.82, 2.24) is 4.90 Å². The number of halogens is 1. The van der Waals surface area contributed by atoms with Gasteiger partial charge in [0.1, 0.15) is 23.3 Å². The molecule has 0 amide bonds. The van der Waals surface area contributed by atoms with Crippen molar-refractivity contribution in [1.29, 1.82) is 0 Å². The monoisotopic (exact) mass is 639 g/mol. The van der Waals surface area contributed by atoms with Crippen LogP contribution in [-0.2, 0) is 0 Å². The van der Waals surface area contributed by atoms with Crippen molar-refractivity contribution >= 4 is 50.4 Å². The highest BCUT2D eigenvalue weighted by molar-refractivity contribution is 9.12. The van der Waals surface area contributed by atoms with Crippen molar-refractivity contribution in [3.8, 4) is 23.8 Å². The summed E-state index contributed by atoms with van der Waals surface area (Å²) in [6.45, 7) is 3.12. The number of phenols is 2. The summed E-state index contributed by atoms with van der Waals surface area (Å²) in [7, 11) is 3.38. The van der Waals surface area contributed by atoms with Crippen molar-refractivity contribution in [3.63, 3.8) is 0 Å². The number of hydrogen-bond donors (Lipinski definition) is 4. The highest BCUT2D eigenvalue weighted by Gasteiger charge is 2.35. The van der Waals surface area contributed by atoms with Crippen LogP contribution in [-0.4, -0.2) is 68.7 Å². The van der Waals surface area contributed by atoms with Crippen LogP contribution < -0.4 is 0 Å². The number of rotatable bonds is 2. The summed E-state index contributed by atoms with van der Waals surface area (Å²) in [6, 6.07) is 10.5. The number of hydrogen-bond acceptors (Lipinski definition) is 10. The molecule has 2 atom stereocenters. The molecule has 9 nitrogen and oxygen atoms in total. The Morgan fingerprint density at radius 1 is 0.829 bits per heavy atom. The van der Waals surface area contributed by atoms with Crippen molar-refractivity contribution in [2.45, 2.75) is 26.1 Å². The van der Waals surface area contributed by atoms with Crippen LogP contribution in [0.25, 0.3) is 0 Å². The number of allylic oxidation sites excluding steroid dienone is 2. The first-order valence-electron chi connectivity index (χ1n) is 12.1. The van der Waals surface area contributed by atoms with Crippen LogP contribution in [0.1, 0.15) is 76.7 Å². The number of terminal acetylenes is 1. The van der Waals surface area contributed by atoms with Crippen molar-refractivity contribution in [2.24, 2.45) is 0 Å². The molecule has 0 bridgehead atoms.